The standard InChI is InChI=1S/C10H14ClN4O13P3/c11-8-5-9(13-2-12-8)15(3-14-5)10-7(17)6(16)4(26-10)1-25-30(21,22)28-31(23,24)27-29(18,19)20/h2-4,6-7,10,16-17H,1H2,(H,21,22)(H,23,24)(H2,18,19,20)/t4?,6-,7-,10-/m1/s1. The molecule has 1 aliphatic rings. The molecule has 1 fully saturated rings. The molecular formula is C10H14ClN4O13P3. The molecule has 2 aromatic heterocycles. The molecule has 1 aliphatic heterocycles. The van der Waals surface area contributed by atoms with Crippen LogP contribution >= 0.6 is 35.1 Å². The number of nitrogens with zero attached hydrogens (tertiary/aromatic N) is 4. The average Bonchev–Trinajstić information content (AvgIpc) is 3.13. The molecule has 0 amide bonds. The van der Waals surface area contributed by atoms with E-state index in [9.17, 15) is 28.8 Å². The molecule has 0 bridgehead atoms. The van der Waals surface area contributed by atoms with Gasteiger partial charge in [-0.1, -0.05) is 11.6 Å². The Morgan fingerprint density at radius 3 is 2.35 bits per heavy atom. The van der Waals surface area contributed by atoms with Gasteiger partial charge in [-0.3, -0.25) is 9.09 Å². The second-order valence-electron chi connectivity index (χ2n) is 5.92. The fraction of sp³-hybridized carbons (Fsp3) is 0.500. The molecule has 17 nitrogen and oxygen atoms in total. The largest absolute Gasteiger partial charge is 0.490 e. The van der Waals surface area contributed by atoms with E-state index >= 15 is 0 Å². The zero-order chi connectivity index (χ0) is 23.2. The monoisotopic (exact) mass is 526 g/mol. The molecule has 0 spiro atoms. The second-order valence-corrected chi connectivity index (χ2v) is 10.7. The summed E-state index contributed by atoms with van der Waals surface area (Å²) >= 11 is 5.89. The lowest BCUT2D eigenvalue weighted by atomic mass is 10.1. The van der Waals surface area contributed by atoms with Crippen molar-refractivity contribution in [2.45, 2.75) is 24.5 Å². The molecule has 0 saturated carbocycles. The number of aliphatic hydroxyl groups is 2. The Labute approximate surface area is 176 Å². The third-order valence-corrected chi connectivity index (χ3v) is 7.82. The maximum Gasteiger partial charge on any atom is 0.490 e. The van der Waals surface area contributed by atoms with Crippen molar-refractivity contribution < 1.29 is 61.4 Å². The number of hydrogen-bond donors (Lipinski definition) is 6. The number of hydrogen-bond acceptors (Lipinski definition) is 12. The average molecular weight is 527 g/mol. The van der Waals surface area contributed by atoms with Gasteiger partial charge in [0.25, 0.3) is 0 Å². The van der Waals surface area contributed by atoms with E-state index in [1.807, 2.05) is 0 Å². The normalized spacial score (nSPS) is 28.5. The van der Waals surface area contributed by atoms with Gasteiger partial charge in [-0.2, -0.15) is 8.62 Å². The Bertz CT molecular complexity index is 1110. The quantitative estimate of drug-likeness (QED) is 0.186. The Morgan fingerprint density at radius 1 is 1.03 bits per heavy atom. The Hall–Kier alpha value is -0.870. The van der Waals surface area contributed by atoms with Gasteiger partial charge in [-0.15, -0.1) is 0 Å². The highest BCUT2D eigenvalue weighted by Gasteiger charge is 2.47. The zero-order valence-electron chi connectivity index (χ0n) is 14.7. The van der Waals surface area contributed by atoms with E-state index in [1.165, 1.54) is 10.9 Å². The maximum absolute atomic E-state index is 11.8. The van der Waals surface area contributed by atoms with Crippen LogP contribution in [0, 0.1) is 0 Å². The first kappa shape index (κ1) is 24.8. The topological polar surface area (TPSA) is 253 Å². The number of ether oxygens (including phenoxy) is 1. The van der Waals surface area contributed by atoms with Gasteiger partial charge in [-0.25, -0.2) is 28.6 Å². The number of phosphoric acid groups is 3. The van der Waals surface area contributed by atoms with Crippen LogP contribution in [0.3, 0.4) is 0 Å². The summed E-state index contributed by atoms with van der Waals surface area (Å²) in [6.45, 7) is -0.958. The van der Waals surface area contributed by atoms with Gasteiger partial charge >= 0.3 is 23.5 Å². The molecule has 2 aromatic rings. The van der Waals surface area contributed by atoms with Gasteiger partial charge in [0.2, 0.25) is 0 Å². The minimum atomic E-state index is -5.70. The van der Waals surface area contributed by atoms with Crippen LogP contribution in [0.15, 0.2) is 12.7 Å². The van der Waals surface area contributed by atoms with Crippen LogP contribution in [0.5, 0.6) is 0 Å². The van der Waals surface area contributed by atoms with Crippen molar-refractivity contribution in [2.75, 3.05) is 6.61 Å². The molecule has 0 radical (unpaired) electrons. The van der Waals surface area contributed by atoms with Crippen LogP contribution in [0.1, 0.15) is 6.23 Å². The molecule has 0 aromatic carbocycles. The van der Waals surface area contributed by atoms with E-state index in [0.29, 0.717) is 0 Å². The van der Waals surface area contributed by atoms with Gasteiger partial charge in [0, 0.05) is 0 Å². The molecule has 0 aliphatic carbocycles. The smallest absolute Gasteiger partial charge is 0.387 e. The number of aromatic nitrogens is 4. The molecule has 1 saturated heterocycles. The fourth-order valence-electron chi connectivity index (χ4n) is 2.58. The predicted octanol–water partition coefficient (Wildman–Crippen LogP) is -0.558. The highest BCUT2D eigenvalue weighted by Crippen LogP contribution is 2.66. The highest BCUT2D eigenvalue weighted by molar-refractivity contribution is 7.66. The van der Waals surface area contributed by atoms with Gasteiger partial charge in [0.1, 0.15) is 30.2 Å². The van der Waals surface area contributed by atoms with Crippen LogP contribution in [0.25, 0.3) is 11.2 Å². The van der Waals surface area contributed by atoms with Crippen molar-refractivity contribution in [2.24, 2.45) is 0 Å². The highest BCUT2D eigenvalue weighted by atomic mass is 35.5. The summed E-state index contributed by atoms with van der Waals surface area (Å²) in [5, 5.41) is 20.4. The first-order valence-corrected chi connectivity index (χ1v) is 12.7. The van der Waals surface area contributed by atoms with Crippen LogP contribution in [-0.4, -0.2) is 74.2 Å². The Morgan fingerprint density at radius 2 is 1.71 bits per heavy atom. The molecule has 3 unspecified atom stereocenters. The van der Waals surface area contributed by atoms with Crippen LogP contribution in [0.4, 0.5) is 0 Å². The van der Waals surface area contributed by atoms with Gasteiger partial charge in [-0.05, 0) is 0 Å². The summed E-state index contributed by atoms with van der Waals surface area (Å²) in [7, 11) is -16.7. The summed E-state index contributed by atoms with van der Waals surface area (Å²) in [5.74, 6) is 0. The van der Waals surface area contributed by atoms with E-state index in [1.54, 1.807) is 0 Å². The first-order chi connectivity index (χ1) is 14.2. The summed E-state index contributed by atoms with van der Waals surface area (Å²) in [5.41, 5.74) is 0.316. The zero-order valence-corrected chi connectivity index (χ0v) is 18.2. The van der Waals surface area contributed by atoms with Crippen molar-refractivity contribution in [1.29, 1.82) is 0 Å². The van der Waals surface area contributed by atoms with Crippen LogP contribution in [-0.2, 0) is 31.6 Å². The number of phosphoric ester groups is 1. The number of fused-ring (bicyclic) bond motifs is 1. The summed E-state index contributed by atoms with van der Waals surface area (Å²) in [4.78, 5) is 47.2. The first-order valence-electron chi connectivity index (χ1n) is 7.82. The minimum Gasteiger partial charge on any atom is -0.387 e. The van der Waals surface area contributed by atoms with Gasteiger partial charge < -0.3 is 34.5 Å². The molecule has 3 heterocycles. The summed E-state index contributed by atoms with van der Waals surface area (Å²) < 4.78 is 51.9. The molecular weight excluding hydrogens is 513 g/mol. The van der Waals surface area contributed by atoms with Gasteiger partial charge in [0.05, 0.1) is 12.9 Å². The number of halogens is 1. The van der Waals surface area contributed by atoms with E-state index in [-0.39, 0.29) is 16.3 Å². The third-order valence-electron chi connectivity index (χ3n) is 3.74. The molecule has 31 heavy (non-hydrogen) atoms. The molecule has 3 rings (SSSR count). The fourth-order valence-corrected chi connectivity index (χ4v) is 5.78. The van der Waals surface area contributed by atoms with E-state index in [4.69, 9.17) is 31.0 Å². The number of rotatable bonds is 8. The van der Waals surface area contributed by atoms with Crippen LogP contribution < -0.4 is 0 Å². The van der Waals surface area contributed by atoms with E-state index < -0.39 is 54.6 Å². The predicted molar refractivity (Wildman–Crippen MR) is 96.1 cm³/mol. The summed E-state index contributed by atoms with van der Waals surface area (Å²) in [6.07, 6.45) is -3.71. The Kier molecular flexibility index (Phi) is 7.04. The van der Waals surface area contributed by atoms with Crippen molar-refractivity contribution in [3.8, 4) is 0 Å². The van der Waals surface area contributed by atoms with Crippen molar-refractivity contribution in [1.82, 2.24) is 19.5 Å². The maximum atomic E-state index is 11.8. The van der Waals surface area contributed by atoms with Gasteiger partial charge in [0.15, 0.2) is 17.0 Å². The number of aliphatic hydroxyl groups excluding tert-OH is 2. The third kappa shape index (κ3) is 5.93. The van der Waals surface area contributed by atoms with Crippen molar-refractivity contribution >= 4 is 46.2 Å². The molecule has 6 N–H and O–H groups in total. The van der Waals surface area contributed by atoms with E-state index in [2.05, 4.69) is 28.1 Å². The molecule has 21 heteroatoms. The SMILES string of the molecule is O=P(O)(O)OP(=O)(O)OP(=O)(O)OCC1O[C@@H](n2cnc3c(Cl)ncnc32)[C@H](O)[C@@H]1O. The van der Waals surface area contributed by atoms with Crippen LogP contribution in [0.2, 0.25) is 5.15 Å². The lowest BCUT2D eigenvalue weighted by molar-refractivity contribution is -0.0503. The molecule has 174 valence electrons. The summed E-state index contributed by atoms with van der Waals surface area (Å²) in [6, 6.07) is 0. The second kappa shape index (κ2) is 8.82. The van der Waals surface area contributed by atoms with E-state index in [0.717, 1.165) is 6.33 Å². The van der Waals surface area contributed by atoms with Crippen molar-refractivity contribution in [3.05, 3.63) is 17.8 Å². The molecule has 6 atom stereocenters. The Balaban J connectivity index is 1.69. The minimum absolute atomic E-state index is 0.0148. The number of imidazole rings is 1. The van der Waals surface area contributed by atoms with Crippen molar-refractivity contribution in [3.63, 3.8) is 0 Å². The lowest BCUT2D eigenvalue weighted by Gasteiger charge is -2.19. The lowest BCUT2D eigenvalue weighted by Crippen LogP contribution is -2.33.